The summed E-state index contributed by atoms with van der Waals surface area (Å²) in [6, 6.07) is 6.63. The van der Waals surface area contributed by atoms with Crippen molar-refractivity contribution >= 4 is 29.1 Å². The number of nitrogens with one attached hydrogen (secondary N) is 1. The van der Waals surface area contributed by atoms with E-state index in [4.69, 9.17) is 11.6 Å². The number of aliphatic hydroxyl groups is 1. The Bertz CT molecular complexity index is 519. The molecule has 0 bridgehead atoms. The summed E-state index contributed by atoms with van der Waals surface area (Å²) in [7, 11) is 0. The van der Waals surface area contributed by atoms with Crippen LogP contribution >= 0.6 is 11.6 Å². The predicted octanol–water partition coefficient (Wildman–Crippen LogP) is 1.51. The van der Waals surface area contributed by atoms with E-state index in [0.29, 0.717) is 30.2 Å². The van der Waals surface area contributed by atoms with E-state index in [1.807, 2.05) is 0 Å². The van der Waals surface area contributed by atoms with Gasteiger partial charge in [-0.15, -0.1) is 0 Å². The summed E-state index contributed by atoms with van der Waals surface area (Å²) in [6.07, 6.45) is 0.247. The smallest absolute Gasteiger partial charge is 0.313 e. The quantitative estimate of drug-likeness (QED) is 0.813. The van der Waals surface area contributed by atoms with Crippen LogP contribution in [0.5, 0.6) is 0 Å². The summed E-state index contributed by atoms with van der Waals surface area (Å²) in [5, 5.41) is 12.5. The number of amides is 2. The summed E-state index contributed by atoms with van der Waals surface area (Å²) in [5.74, 6) is -1.22. The van der Waals surface area contributed by atoms with E-state index in [0.717, 1.165) is 0 Å². The summed E-state index contributed by atoms with van der Waals surface area (Å²) < 4.78 is 0. The molecule has 1 aromatic rings. The summed E-state index contributed by atoms with van der Waals surface area (Å²) in [4.78, 5) is 25.4. The number of hydrogen-bond acceptors (Lipinski definition) is 3. The molecule has 6 heteroatoms. The van der Waals surface area contributed by atoms with Crippen LogP contribution in [0.15, 0.2) is 24.3 Å². The predicted molar refractivity (Wildman–Crippen MR) is 76.4 cm³/mol. The number of hydrogen-bond donors (Lipinski definition) is 2. The maximum absolute atomic E-state index is 12.0. The van der Waals surface area contributed by atoms with Gasteiger partial charge in [-0.05, 0) is 31.5 Å². The van der Waals surface area contributed by atoms with Crippen LogP contribution in [-0.4, -0.2) is 41.0 Å². The highest BCUT2D eigenvalue weighted by molar-refractivity contribution is 6.39. The monoisotopic (exact) mass is 296 g/mol. The Balaban J connectivity index is 1.95. The molecule has 108 valence electrons. The zero-order valence-corrected chi connectivity index (χ0v) is 11.9. The van der Waals surface area contributed by atoms with Gasteiger partial charge in [0.2, 0.25) is 0 Å². The lowest BCUT2D eigenvalue weighted by Crippen LogP contribution is -2.38. The second-order valence-electron chi connectivity index (χ2n) is 5.00. The van der Waals surface area contributed by atoms with Crippen molar-refractivity contribution in [3.8, 4) is 0 Å². The SMILES string of the molecule is CC(O)C1CCN(C(=O)C(=O)Nc2cccc(Cl)c2)C1. The highest BCUT2D eigenvalue weighted by Gasteiger charge is 2.32. The Hall–Kier alpha value is -1.59. The van der Waals surface area contributed by atoms with Crippen molar-refractivity contribution in [3.63, 3.8) is 0 Å². The van der Waals surface area contributed by atoms with Gasteiger partial charge in [0.05, 0.1) is 6.10 Å². The molecule has 0 aromatic heterocycles. The maximum Gasteiger partial charge on any atom is 0.313 e. The maximum atomic E-state index is 12.0. The fourth-order valence-corrected chi connectivity index (χ4v) is 2.45. The van der Waals surface area contributed by atoms with Gasteiger partial charge < -0.3 is 15.3 Å². The average Bonchev–Trinajstić information content (AvgIpc) is 2.87. The summed E-state index contributed by atoms with van der Waals surface area (Å²) >= 11 is 5.81. The van der Waals surface area contributed by atoms with Gasteiger partial charge in [-0.25, -0.2) is 0 Å². The lowest BCUT2D eigenvalue weighted by atomic mass is 10.0. The Morgan fingerprint density at radius 3 is 2.85 bits per heavy atom. The second kappa shape index (κ2) is 6.24. The molecule has 0 saturated carbocycles. The number of carbonyl (C=O) groups is 2. The van der Waals surface area contributed by atoms with Gasteiger partial charge in [0.25, 0.3) is 0 Å². The molecule has 1 aliphatic heterocycles. The molecule has 0 aliphatic carbocycles. The Labute approximate surface area is 122 Å². The van der Waals surface area contributed by atoms with Crippen molar-refractivity contribution in [1.29, 1.82) is 0 Å². The van der Waals surface area contributed by atoms with E-state index in [1.165, 1.54) is 4.90 Å². The number of carbonyl (C=O) groups excluding carboxylic acids is 2. The van der Waals surface area contributed by atoms with Crippen LogP contribution in [0, 0.1) is 5.92 Å². The fourth-order valence-electron chi connectivity index (χ4n) is 2.26. The minimum Gasteiger partial charge on any atom is -0.393 e. The third-order valence-corrected chi connectivity index (χ3v) is 3.71. The number of likely N-dealkylation sites (tertiary alicyclic amines) is 1. The lowest BCUT2D eigenvalue weighted by molar-refractivity contribution is -0.142. The lowest BCUT2D eigenvalue weighted by Gasteiger charge is -2.17. The topological polar surface area (TPSA) is 69.6 Å². The Kier molecular flexibility index (Phi) is 4.62. The van der Waals surface area contributed by atoms with Gasteiger partial charge in [-0.1, -0.05) is 17.7 Å². The first-order valence-electron chi connectivity index (χ1n) is 6.51. The molecule has 1 fully saturated rings. The third kappa shape index (κ3) is 3.49. The van der Waals surface area contributed by atoms with Gasteiger partial charge >= 0.3 is 11.8 Å². The standard InChI is InChI=1S/C14H17ClN2O3/c1-9(18)10-5-6-17(8-10)14(20)13(19)16-12-4-2-3-11(15)7-12/h2-4,7,9-10,18H,5-6,8H2,1H3,(H,16,19). The number of nitrogens with zero attached hydrogens (tertiary/aromatic N) is 1. The van der Waals surface area contributed by atoms with Crippen molar-refractivity contribution in [2.75, 3.05) is 18.4 Å². The number of benzene rings is 1. The van der Waals surface area contributed by atoms with Crippen molar-refractivity contribution in [2.24, 2.45) is 5.92 Å². The largest absolute Gasteiger partial charge is 0.393 e. The molecule has 0 radical (unpaired) electrons. The Morgan fingerprint density at radius 2 is 2.25 bits per heavy atom. The van der Waals surface area contributed by atoms with Crippen molar-refractivity contribution in [1.82, 2.24) is 4.90 Å². The number of halogens is 1. The normalized spacial score (nSPS) is 19.8. The first-order valence-corrected chi connectivity index (χ1v) is 6.89. The van der Waals surface area contributed by atoms with Crippen molar-refractivity contribution in [2.45, 2.75) is 19.4 Å². The molecular formula is C14H17ClN2O3. The van der Waals surface area contributed by atoms with Gasteiger partial charge in [0.1, 0.15) is 0 Å². The van der Waals surface area contributed by atoms with Crippen LogP contribution in [0.25, 0.3) is 0 Å². The highest BCUT2D eigenvalue weighted by Crippen LogP contribution is 2.20. The van der Waals surface area contributed by atoms with Gasteiger partial charge in [0.15, 0.2) is 0 Å². The van der Waals surface area contributed by atoms with Crippen LogP contribution in [0.3, 0.4) is 0 Å². The summed E-state index contributed by atoms with van der Waals surface area (Å²) in [6.45, 7) is 2.61. The van der Waals surface area contributed by atoms with Crippen molar-refractivity contribution < 1.29 is 14.7 Å². The molecule has 1 heterocycles. The third-order valence-electron chi connectivity index (χ3n) is 3.47. The highest BCUT2D eigenvalue weighted by atomic mass is 35.5. The molecule has 1 saturated heterocycles. The average molecular weight is 297 g/mol. The zero-order valence-electron chi connectivity index (χ0n) is 11.2. The van der Waals surface area contributed by atoms with Crippen LogP contribution in [0.2, 0.25) is 5.02 Å². The summed E-state index contributed by atoms with van der Waals surface area (Å²) in [5.41, 5.74) is 0.488. The first-order chi connectivity index (χ1) is 9.47. The van der Waals surface area contributed by atoms with E-state index in [2.05, 4.69) is 5.32 Å². The second-order valence-corrected chi connectivity index (χ2v) is 5.44. The molecule has 2 rings (SSSR count). The van der Waals surface area contributed by atoms with Crippen LogP contribution in [0.1, 0.15) is 13.3 Å². The number of anilines is 1. The van der Waals surface area contributed by atoms with E-state index < -0.39 is 17.9 Å². The fraction of sp³-hybridized carbons (Fsp3) is 0.429. The van der Waals surface area contributed by atoms with E-state index >= 15 is 0 Å². The molecule has 2 atom stereocenters. The molecular weight excluding hydrogens is 280 g/mol. The van der Waals surface area contributed by atoms with Crippen LogP contribution < -0.4 is 5.32 Å². The molecule has 1 aromatic carbocycles. The number of rotatable bonds is 2. The Morgan fingerprint density at radius 1 is 1.50 bits per heavy atom. The molecule has 2 N–H and O–H groups in total. The molecule has 2 unspecified atom stereocenters. The zero-order chi connectivity index (χ0) is 14.7. The molecule has 0 spiro atoms. The van der Waals surface area contributed by atoms with E-state index in [9.17, 15) is 14.7 Å². The van der Waals surface area contributed by atoms with E-state index in [1.54, 1.807) is 31.2 Å². The van der Waals surface area contributed by atoms with E-state index in [-0.39, 0.29) is 5.92 Å². The molecule has 20 heavy (non-hydrogen) atoms. The number of aliphatic hydroxyl groups excluding tert-OH is 1. The molecule has 5 nitrogen and oxygen atoms in total. The minimum absolute atomic E-state index is 0.0397. The van der Waals surface area contributed by atoms with Crippen molar-refractivity contribution in [3.05, 3.63) is 29.3 Å². The minimum atomic E-state index is -0.682. The van der Waals surface area contributed by atoms with Gasteiger partial charge in [-0.2, -0.15) is 0 Å². The van der Waals surface area contributed by atoms with Crippen LogP contribution in [0.4, 0.5) is 5.69 Å². The molecule has 2 amide bonds. The molecule has 1 aliphatic rings. The van der Waals surface area contributed by atoms with Crippen LogP contribution in [-0.2, 0) is 9.59 Å². The first kappa shape index (κ1) is 14.8. The van der Waals surface area contributed by atoms with Gasteiger partial charge in [0, 0.05) is 29.7 Å². The van der Waals surface area contributed by atoms with Gasteiger partial charge in [-0.3, -0.25) is 9.59 Å².